The van der Waals surface area contributed by atoms with Crippen LogP contribution in [0.15, 0.2) is 0 Å². The molecular formula is C11H29N5O3Si. The summed E-state index contributed by atoms with van der Waals surface area (Å²) in [6.45, 7) is 4.12. The lowest BCUT2D eigenvalue weighted by Crippen LogP contribution is -2.43. The van der Waals surface area contributed by atoms with Crippen molar-refractivity contribution in [2.75, 3.05) is 54.1 Å². The van der Waals surface area contributed by atoms with Gasteiger partial charge in [0.1, 0.15) is 0 Å². The largest absolute Gasteiger partial charge is 0.500 e. The van der Waals surface area contributed by atoms with Gasteiger partial charge in [0.05, 0.1) is 0 Å². The minimum Gasteiger partial charge on any atom is -0.377 e. The van der Waals surface area contributed by atoms with Crippen molar-refractivity contribution in [3.8, 4) is 0 Å². The Bertz CT molecular complexity index is 246. The zero-order valence-electron chi connectivity index (χ0n) is 12.8. The van der Waals surface area contributed by atoms with Crippen molar-refractivity contribution in [3.63, 3.8) is 0 Å². The highest BCUT2D eigenvalue weighted by atomic mass is 28.4. The SMILES string of the molecule is CO[Si](CCCNCCNCCNC(=N)N)(OC)OC. The summed E-state index contributed by atoms with van der Waals surface area (Å²) in [6, 6.07) is 0.805. The molecule has 0 rings (SSSR count). The van der Waals surface area contributed by atoms with E-state index in [4.69, 9.17) is 24.4 Å². The second-order valence-electron chi connectivity index (χ2n) is 4.24. The third kappa shape index (κ3) is 9.23. The lowest BCUT2D eigenvalue weighted by atomic mass is 10.4. The van der Waals surface area contributed by atoms with Crippen LogP contribution in [0.2, 0.25) is 6.04 Å². The topological polar surface area (TPSA) is 114 Å². The van der Waals surface area contributed by atoms with Crippen molar-refractivity contribution in [1.82, 2.24) is 16.0 Å². The number of nitrogens with two attached hydrogens (primary N) is 1. The van der Waals surface area contributed by atoms with E-state index in [0.29, 0.717) is 6.54 Å². The van der Waals surface area contributed by atoms with Crippen LogP contribution in [0.3, 0.4) is 0 Å². The summed E-state index contributed by atoms with van der Waals surface area (Å²) < 4.78 is 16.0. The molecule has 6 N–H and O–H groups in total. The van der Waals surface area contributed by atoms with E-state index in [1.54, 1.807) is 21.3 Å². The van der Waals surface area contributed by atoms with Gasteiger partial charge >= 0.3 is 8.80 Å². The summed E-state index contributed by atoms with van der Waals surface area (Å²) in [6.07, 6.45) is 0.952. The molecule has 20 heavy (non-hydrogen) atoms. The molecule has 120 valence electrons. The fourth-order valence-electron chi connectivity index (χ4n) is 1.70. The van der Waals surface area contributed by atoms with Crippen molar-refractivity contribution < 1.29 is 13.3 Å². The Morgan fingerprint density at radius 3 is 1.95 bits per heavy atom. The standard InChI is InChI=1S/C11H29N5O3Si/c1-17-20(18-2,19-3)10-4-5-14-6-7-15-8-9-16-11(12)13/h14-15H,4-10H2,1-3H3,(H4,12,13,16). The van der Waals surface area contributed by atoms with Gasteiger partial charge in [0.15, 0.2) is 5.96 Å². The van der Waals surface area contributed by atoms with Crippen molar-refractivity contribution in [1.29, 1.82) is 5.41 Å². The van der Waals surface area contributed by atoms with E-state index in [1.165, 1.54) is 0 Å². The van der Waals surface area contributed by atoms with Gasteiger partial charge in [-0.2, -0.15) is 0 Å². The molecule has 0 aliphatic heterocycles. The minimum atomic E-state index is -2.41. The molecular weight excluding hydrogens is 278 g/mol. The first-order chi connectivity index (χ1) is 9.60. The molecule has 0 bridgehead atoms. The molecule has 0 unspecified atom stereocenters. The zero-order chi connectivity index (χ0) is 15.3. The summed E-state index contributed by atoms with van der Waals surface area (Å²) in [5.74, 6) is 0.00649. The van der Waals surface area contributed by atoms with Crippen LogP contribution in [0.4, 0.5) is 0 Å². The first-order valence-electron chi connectivity index (χ1n) is 6.75. The number of guanidine groups is 1. The smallest absolute Gasteiger partial charge is 0.377 e. The Hall–Kier alpha value is -0.713. The molecule has 0 saturated carbocycles. The number of nitrogens with one attached hydrogen (secondary N) is 4. The molecule has 0 aromatic rings. The van der Waals surface area contributed by atoms with Crippen molar-refractivity contribution in [2.24, 2.45) is 5.73 Å². The molecule has 0 radical (unpaired) electrons. The molecule has 0 atom stereocenters. The van der Waals surface area contributed by atoms with Crippen LogP contribution in [0.1, 0.15) is 6.42 Å². The molecule has 0 aromatic carbocycles. The number of hydrogen-bond donors (Lipinski definition) is 5. The first-order valence-corrected chi connectivity index (χ1v) is 8.68. The molecule has 0 fully saturated rings. The normalized spacial score (nSPS) is 11.6. The molecule has 8 nitrogen and oxygen atoms in total. The van der Waals surface area contributed by atoms with Crippen LogP contribution in [0.5, 0.6) is 0 Å². The van der Waals surface area contributed by atoms with Gasteiger partial charge < -0.3 is 35.0 Å². The van der Waals surface area contributed by atoms with Crippen LogP contribution in [0, 0.1) is 5.41 Å². The van der Waals surface area contributed by atoms with E-state index in [1.807, 2.05) is 0 Å². The van der Waals surface area contributed by atoms with E-state index in [9.17, 15) is 0 Å². The molecule has 0 heterocycles. The number of rotatable bonds is 13. The van der Waals surface area contributed by atoms with E-state index in [2.05, 4.69) is 16.0 Å². The maximum Gasteiger partial charge on any atom is 0.500 e. The average molecular weight is 307 g/mol. The second-order valence-corrected chi connectivity index (χ2v) is 7.33. The third-order valence-corrected chi connectivity index (χ3v) is 5.70. The Morgan fingerprint density at radius 2 is 1.45 bits per heavy atom. The van der Waals surface area contributed by atoms with E-state index >= 15 is 0 Å². The van der Waals surface area contributed by atoms with E-state index in [-0.39, 0.29) is 5.96 Å². The average Bonchev–Trinajstić information content (AvgIpc) is 2.45. The molecule has 0 aliphatic carbocycles. The summed E-state index contributed by atoms with van der Waals surface area (Å²) in [7, 11) is 2.48. The molecule has 0 aliphatic rings. The predicted octanol–water partition coefficient (Wildman–Crippen LogP) is -1.08. The lowest BCUT2D eigenvalue weighted by molar-refractivity contribution is 0.123. The predicted molar refractivity (Wildman–Crippen MR) is 81.9 cm³/mol. The second kappa shape index (κ2) is 12.1. The van der Waals surface area contributed by atoms with Gasteiger partial charge in [-0.05, 0) is 13.0 Å². The van der Waals surface area contributed by atoms with Crippen LogP contribution < -0.4 is 21.7 Å². The monoisotopic (exact) mass is 307 g/mol. The fraction of sp³-hybridized carbons (Fsp3) is 0.909. The Morgan fingerprint density at radius 1 is 0.950 bits per heavy atom. The fourth-order valence-corrected chi connectivity index (χ4v) is 3.42. The highest BCUT2D eigenvalue weighted by molar-refractivity contribution is 6.60. The van der Waals surface area contributed by atoms with Crippen molar-refractivity contribution in [3.05, 3.63) is 0 Å². The molecule has 0 spiro atoms. The van der Waals surface area contributed by atoms with Crippen LogP contribution in [0.25, 0.3) is 0 Å². The lowest BCUT2D eigenvalue weighted by Gasteiger charge is -2.24. The highest BCUT2D eigenvalue weighted by Crippen LogP contribution is 2.14. The number of hydrogen-bond acceptors (Lipinski definition) is 6. The third-order valence-electron chi connectivity index (χ3n) is 2.87. The maximum atomic E-state index is 6.98. The molecule has 9 heteroatoms. The molecule has 0 saturated heterocycles. The van der Waals surface area contributed by atoms with Crippen LogP contribution in [-0.2, 0) is 13.3 Å². The van der Waals surface area contributed by atoms with E-state index < -0.39 is 8.80 Å². The van der Waals surface area contributed by atoms with Crippen LogP contribution in [-0.4, -0.2) is 68.8 Å². The van der Waals surface area contributed by atoms with Gasteiger partial charge in [-0.25, -0.2) is 0 Å². The summed E-state index contributed by atoms with van der Waals surface area (Å²) >= 11 is 0. The molecule has 0 aromatic heterocycles. The summed E-state index contributed by atoms with van der Waals surface area (Å²) in [5.41, 5.74) is 5.16. The van der Waals surface area contributed by atoms with Gasteiger partial charge in [0, 0.05) is 53.6 Å². The summed E-state index contributed by atoms with van der Waals surface area (Å²) in [4.78, 5) is 0. The summed E-state index contributed by atoms with van der Waals surface area (Å²) in [5, 5.41) is 16.3. The van der Waals surface area contributed by atoms with Gasteiger partial charge in [0.2, 0.25) is 0 Å². The van der Waals surface area contributed by atoms with Gasteiger partial charge in [0.25, 0.3) is 0 Å². The molecule has 0 amide bonds. The first kappa shape index (κ1) is 19.3. The minimum absolute atomic E-state index is 0.00649. The zero-order valence-corrected chi connectivity index (χ0v) is 13.8. The van der Waals surface area contributed by atoms with Crippen molar-refractivity contribution >= 4 is 14.8 Å². The van der Waals surface area contributed by atoms with Crippen molar-refractivity contribution in [2.45, 2.75) is 12.5 Å². The van der Waals surface area contributed by atoms with Gasteiger partial charge in [-0.15, -0.1) is 0 Å². The Labute approximate surface area is 122 Å². The quantitative estimate of drug-likeness (QED) is 0.127. The highest BCUT2D eigenvalue weighted by Gasteiger charge is 2.36. The van der Waals surface area contributed by atoms with Gasteiger partial charge in [-0.1, -0.05) is 0 Å². The Balaban J connectivity index is 3.38. The van der Waals surface area contributed by atoms with Gasteiger partial charge in [-0.3, -0.25) is 5.41 Å². The maximum absolute atomic E-state index is 6.98. The van der Waals surface area contributed by atoms with E-state index in [0.717, 1.165) is 38.6 Å². The Kier molecular flexibility index (Phi) is 11.6. The van der Waals surface area contributed by atoms with Crippen LogP contribution >= 0.6 is 0 Å².